The molecular weight excluding hydrogens is 370 g/mol. The zero-order chi connectivity index (χ0) is 19.8. The average molecular weight is 406 g/mol. The summed E-state index contributed by atoms with van der Waals surface area (Å²) in [4.78, 5) is 4.79. The third-order valence-corrected chi connectivity index (χ3v) is 6.05. The average Bonchev–Trinajstić information content (AvgIpc) is 3.46. The van der Waals surface area contributed by atoms with Gasteiger partial charge in [0.2, 0.25) is 0 Å². The topological polar surface area (TPSA) is 77.3 Å². The summed E-state index contributed by atoms with van der Waals surface area (Å²) < 4.78 is 23.4. The summed E-state index contributed by atoms with van der Waals surface area (Å²) >= 11 is 0. The van der Waals surface area contributed by atoms with E-state index in [1.807, 2.05) is 12.1 Å². The molecule has 0 bridgehead atoms. The number of rotatable bonds is 7. The first-order valence-corrected chi connectivity index (χ1v) is 11.3. The molecule has 2 aliphatic heterocycles. The second kappa shape index (κ2) is 10.5. The van der Waals surface area contributed by atoms with Gasteiger partial charge in [0.1, 0.15) is 11.9 Å². The summed E-state index contributed by atoms with van der Waals surface area (Å²) in [6, 6.07) is 3.92. The van der Waals surface area contributed by atoms with E-state index in [4.69, 9.17) is 23.6 Å². The maximum atomic E-state index is 6.36. The zero-order valence-electron chi connectivity index (χ0n) is 17.4. The van der Waals surface area contributed by atoms with Gasteiger partial charge in [-0.2, -0.15) is 0 Å². The number of ether oxygens (including phenoxy) is 3. The molecule has 2 N–H and O–H groups in total. The van der Waals surface area contributed by atoms with Crippen LogP contribution >= 0.6 is 0 Å². The molecule has 3 fully saturated rings. The molecule has 2 atom stereocenters. The van der Waals surface area contributed by atoms with Crippen LogP contribution in [-0.4, -0.2) is 57.3 Å². The number of nitrogens with one attached hydrogen (secondary N) is 2. The van der Waals surface area contributed by atoms with E-state index in [1.165, 1.54) is 25.7 Å². The molecule has 7 heteroatoms. The number of guanidine groups is 1. The van der Waals surface area contributed by atoms with Crippen molar-refractivity contribution in [1.29, 1.82) is 0 Å². The van der Waals surface area contributed by atoms with Crippen molar-refractivity contribution >= 4 is 5.96 Å². The molecule has 7 nitrogen and oxygen atoms in total. The lowest BCUT2D eigenvalue weighted by atomic mass is 10.1. The summed E-state index contributed by atoms with van der Waals surface area (Å²) in [7, 11) is 0. The summed E-state index contributed by atoms with van der Waals surface area (Å²) in [5.74, 6) is 1.98. The normalized spacial score (nSPS) is 27.2. The van der Waals surface area contributed by atoms with Crippen molar-refractivity contribution in [3.63, 3.8) is 0 Å². The van der Waals surface area contributed by atoms with Gasteiger partial charge in [-0.1, -0.05) is 12.8 Å². The predicted octanol–water partition coefficient (Wildman–Crippen LogP) is 2.86. The van der Waals surface area contributed by atoms with Crippen LogP contribution in [0.25, 0.3) is 0 Å². The van der Waals surface area contributed by atoms with Gasteiger partial charge in [0.05, 0.1) is 19.5 Å². The van der Waals surface area contributed by atoms with Crippen molar-refractivity contribution < 1.29 is 18.6 Å². The Morgan fingerprint density at radius 3 is 2.79 bits per heavy atom. The monoisotopic (exact) mass is 405 g/mol. The Kier molecular flexibility index (Phi) is 7.46. The van der Waals surface area contributed by atoms with E-state index in [9.17, 15) is 0 Å². The molecule has 0 amide bonds. The Morgan fingerprint density at radius 2 is 2.03 bits per heavy atom. The fourth-order valence-electron chi connectivity index (χ4n) is 4.34. The van der Waals surface area contributed by atoms with Crippen molar-refractivity contribution in [2.45, 2.75) is 63.3 Å². The van der Waals surface area contributed by atoms with Crippen molar-refractivity contribution in [3.8, 4) is 0 Å². The number of nitrogens with zero attached hydrogens (tertiary/aromatic N) is 1. The van der Waals surface area contributed by atoms with E-state index in [0.717, 1.165) is 63.7 Å². The van der Waals surface area contributed by atoms with Gasteiger partial charge in [0.25, 0.3) is 0 Å². The Bertz CT molecular complexity index is 620. The molecule has 1 saturated carbocycles. The van der Waals surface area contributed by atoms with E-state index in [-0.39, 0.29) is 11.9 Å². The predicted molar refractivity (Wildman–Crippen MR) is 111 cm³/mol. The summed E-state index contributed by atoms with van der Waals surface area (Å²) in [6.07, 6.45) is 10.7. The van der Waals surface area contributed by atoms with Crippen LogP contribution in [0.2, 0.25) is 0 Å². The van der Waals surface area contributed by atoms with Crippen LogP contribution in [0.4, 0.5) is 0 Å². The lowest BCUT2D eigenvalue weighted by molar-refractivity contribution is -0.175. The molecule has 1 aliphatic carbocycles. The second-order valence-electron chi connectivity index (χ2n) is 8.43. The number of hydrogen-bond acceptors (Lipinski definition) is 5. The molecule has 1 spiro atoms. The van der Waals surface area contributed by atoms with E-state index in [2.05, 4.69) is 10.6 Å². The largest absolute Gasteiger partial charge is 0.469 e. The fraction of sp³-hybridized carbons (Fsp3) is 0.773. The Balaban J connectivity index is 1.26. The molecule has 162 valence electrons. The molecule has 29 heavy (non-hydrogen) atoms. The van der Waals surface area contributed by atoms with Gasteiger partial charge in [-0.3, -0.25) is 4.99 Å². The fourth-order valence-corrected chi connectivity index (χ4v) is 4.34. The van der Waals surface area contributed by atoms with Crippen LogP contribution in [0, 0.1) is 5.92 Å². The molecule has 2 unspecified atom stereocenters. The first-order valence-electron chi connectivity index (χ1n) is 11.3. The maximum Gasteiger partial charge on any atom is 0.191 e. The summed E-state index contributed by atoms with van der Waals surface area (Å²) in [6.45, 7) is 4.57. The maximum absolute atomic E-state index is 6.36. The first kappa shape index (κ1) is 20.7. The van der Waals surface area contributed by atoms with Crippen molar-refractivity contribution in [1.82, 2.24) is 10.6 Å². The molecule has 0 aromatic carbocycles. The molecular formula is C22H35N3O4. The van der Waals surface area contributed by atoms with Crippen molar-refractivity contribution in [2.24, 2.45) is 10.9 Å². The van der Waals surface area contributed by atoms with Gasteiger partial charge >= 0.3 is 0 Å². The third-order valence-electron chi connectivity index (χ3n) is 6.05. The van der Waals surface area contributed by atoms with E-state index in [0.29, 0.717) is 19.1 Å². The molecule has 3 heterocycles. The highest BCUT2D eigenvalue weighted by molar-refractivity contribution is 5.79. The SMILES string of the molecule is c1coc(CCNC(=NCC2CCOC2)NCC2COC3(CCCCCC3)O2)c1. The minimum Gasteiger partial charge on any atom is -0.469 e. The van der Waals surface area contributed by atoms with Gasteiger partial charge in [0.15, 0.2) is 11.7 Å². The van der Waals surface area contributed by atoms with Crippen LogP contribution in [0.3, 0.4) is 0 Å². The van der Waals surface area contributed by atoms with Crippen LogP contribution in [0.5, 0.6) is 0 Å². The smallest absolute Gasteiger partial charge is 0.191 e. The minimum atomic E-state index is -0.339. The number of aliphatic imine (C=N–C) groups is 1. The molecule has 1 aromatic heterocycles. The third kappa shape index (κ3) is 6.20. The highest BCUT2D eigenvalue weighted by Gasteiger charge is 2.41. The van der Waals surface area contributed by atoms with Gasteiger partial charge in [-0.15, -0.1) is 0 Å². The van der Waals surface area contributed by atoms with E-state index < -0.39 is 0 Å². The van der Waals surface area contributed by atoms with Crippen molar-refractivity contribution in [2.75, 3.05) is 39.5 Å². The summed E-state index contributed by atoms with van der Waals surface area (Å²) in [5.41, 5.74) is 0. The molecule has 4 rings (SSSR count). The lowest BCUT2D eigenvalue weighted by Crippen LogP contribution is -2.43. The Hall–Kier alpha value is -1.57. The number of hydrogen-bond donors (Lipinski definition) is 2. The molecule has 0 radical (unpaired) electrons. The van der Waals surface area contributed by atoms with Crippen LogP contribution in [0.1, 0.15) is 50.7 Å². The van der Waals surface area contributed by atoms with Gasteiger partial charge in [-0.25, -0.2) is 0 Å². The molecule has 2 saturated heterocycles. The van der Waals surface area contributed by atoms with E-state index in [1.54, 1.807) is 6.26 Å². The number of furan rings is 1. The van der Waals surface area contributed by atoms with Crippen molar-refractivity contribution in [3.05, 3.63) is 24.2 Å². The first-order chi connectivity index (χ1) is 14.3. The van der Waals surface area contributed by atoms with E-state index >= 15 is 0 Å². The molecule has 1 aromatic rings. The summed E-state index contributed by atoms with van der Waals surface area (Å²) in [5, 5.41) is 6.89. The van der Waals surface area contributed by atoms with Crippen LogP contribution < -0.4 is 10.6 Å². The molecule has 3 aliphatic rings. The minimum absolute atomic E-state index is 0.0694. The van der Waals surface area contributed by atoms with Gasteiger partial charge in [0, 0.05) is 51.4 Å². The van der Waals surface area contributed by atoms with Gasteiger partial charge in [-0.05, 0) is 31.4 Å². The highest BCUT2D eigenvalue weighted by atomic mass is 16.7. The lowest BCUT2D eigenvalue weighted by Gasteiger charge is -2.26. The second-order valence-corrected chi connectivity index (χ2v) is 8.43. The van der Waals surface area contributed by atoms with Gasteiger partial charge < -0.3 is 29.3 Å². The van der Waals surface area contributed by atoms with Crippen LogP contribution in [0.15, 0.2) is 27.8 Å². The zero-order valence-corrected chi connectivity index (χ0v) is 17.4. The quantitative estimate of drug-likeness (QED) is 0.537. The Labute approximate surface area is 173 Å². The Morgan fingerprint density at radius 1 is 1.14 bits per heavy atom. The highest BCUT2D eigenvalue weighted by Crippen LogP contribution is 2.36. The standard InChI is InChI=1S/C22H35N3O4/c1-2-4-10-22(9-3-1)28-17-20(29-22)15-25-21(24-14-18-8-13-26-16-18)23-11-7-19-6-5-12-27-19/h5-6,12,18,20H,1-4,7-11,13-17H2,(H2,23,24,25). The van der Waals surface area contributed by atoms with Crippen LogP contribution in [-0.2, 0) is 20.6 Å².